The number of rotatable bonds is 9. The lowest BCUT2D eigenvalue weighted by Gasteiger charge is -2.25. The Morgan fingerprint density at radius 3 is 2.74 bits per heavy atom. The van der Waals surface area contributed by atoms with Crippen LogP contribution in [0.1, 0.15) is 32.1 Å². The third kappa shape index (κ3) is 7.42. The van der Waals surface area contributed by atoms with Crippen LogP contribution < -0.4 is 16.0 Å². The average molecular weight is 467 g/mol. The molecule has 2 aliphatic heterocycles. The van der Waals surface area contributed by atoms with Crippen molar-refractivity contribution in [2.75, 3.05) is 33.2 Å². The Morgan fingerprint density at radius 2 is 2.10 bits per heavy atom. The fourth-order valence-electron chi connectivity index (χ4n) is 3.82. The van der Waals surface area contributed by atoms with Crippen LogP contribution in [0.2, 0.25) is 0 Å². The summed E-state index contributed by atoms with van der Waals surface area (Å²) in [5.41, 5.74) is 4.29. The largest absolute Gasteiger partial charge is 0.387 e. The molecule has 0 spiro atoms. The van der Waals surface area contributed by atoms with Crippen molar-refractivity contribution in [2.45, 2.75) is 43.7 Å². The molecular formula is C23H32Cl2N4O2. The van der Waals surface area contributed by atoms with Crippen molar-refractivity contribution in [3.05, 3.63) is 58.0 Å². The van der Waals surface area contributed by atoms with Crippen molar-refractivity contribution >= 4 is 29.1 Å². The summed E-state index contributed by atoms with van der Waals surface area (Å²) in [5, 5.41) is 20.3. The van der Waals surface area contributed by atoms with Gasteiger partial charge in [-0.3, -0.25) is 4.79 Å². The van der Waals surface area contributed by atoms with E-state index in [1.165, 1.54) is 11.1 Å². The molecule has 3 rings (SSSR count). The molecule has 1 aliphatic carbocycles. The summed E-state index contributed by atoms with van der Waals surface area (Å²) < 4.78 is 0. The Kier molecular flexibility index (Phi) is 9.08. The lowest BCUT2D eigenvalue weighted by Crippen LogP contribution is -2.33. The molecule has 0 aromatic heterocycles. The summed E-state index contributed by atoms with van der Waals surface area (Å²) in [6.07, 6.45) is 13.4. The fraction of sp³-hybridized carbons (Fsp3) is 0.522. The molecule has 0 fully saturated rings. The molecule has 0 aromatic rings. The monoisotopic (exact) mass is 466 g/mol. The molecule has 4 N–H and O–H groups in total. The van der Waals surface area contributed by atoms with E-state index in [4.69, 9.17) is 23.2 Å². The lowest BCUT2D eigenvalue weighted by molar-refractivity contribution is -0.125. The first kappa shape index (κ1) is 23.9. The van der Waals surface area contributed by atoms with E-state index >= 15 is 0 Å². The van der Waals surface area contributed by atoms with Crippen molar-refractivity contribution < 1.29 is 9.90 Å². The highest BCUT2D eigenvalue weighted by atomic mass is 35.5. The van der Waals surface area contributed by atoms with E-state index in [9.17, 15) is 9.90 Å². The summed E-state index contributed by atoms with van der Waals surface area (Å²) >= 11 is 11.9. The van der Waals surface area contributed by atoms with E-state index < -0.39 is 6.10 Å². The molecule has 3 aliphatic rings. The topological polar surface area (TPSA) is 76.6 Å². The first-order chi connectivity index (χ1) is 14.9. The molecule has 1 amide bonds. The zero-order valence-corrected chi connectivity index (χ0v) is 19.5. The molecular weight excluding hydrogens is 435 g/mol. The van der Waals surface area contributed by atoms with Crippen molar-refractivity contribution in [1.29, 1.82) is 0 Å². The van der Waals surface area contributed by atoms with Crippen LogP contribution in [0.25, 0.3) is 0 Å². The number of hydrogen-bond acceptors (Lipinski definition) is 5. The Morgan fingerprint density at radius 1 is 1.26 bits per heavy atom. The summed E-state index contributed by atoms with van der Waals surface area (Å²) in [6.45, 7) is 2.50. The number of halogens is 2. The smallest absolute Gasteiger partial charge is 0.249 e. The third-order valence-electron chi connectivity index (χ3n) is 5.78. The minimum absolute atomic E-state index is 0.00951. The van der Waals surface area contributed by atoms with Gasteiger partial charge in [0.15, 0.2) is 0 Å². The van der Waals surface area contributed by atoms with Gasteiger partial charge in [-0.05, 0) is 62.1 Å². The molecule has 0 radical (unpaired) electrons. The number of carbonyl (C=O) groups is 1. The van der Waals surface area contributed by atoms with E-state index in [0.29, 0.717) is 24.8 Å². The first-order valence-corrected chi connectivity index (χ1v) is 11.6. The maximum atomic E-state index is 12.7. The zero-order chi connectivity index (χ0) is 22.2. The quantitative estimate of drug-likeness (QED) is 0.238. The third-order valence-corrected chi connectivity index (χ3v) is 6.38. The maximum absolute atomic E-state index is 12.7. The number of likely N-dealkylation sites (N-methyl/N-ethyl adjacent to an activating group) is 1. The van der Waals surface area contributed by atoms with Gasteiger partial charge >= 0.3 is 0 Å². The van der Waals surface area contributed by atoms with Crippen LogP contribution in [-0.2, 0) is 4.79 Å². The van der Waals surface area contributed by atoms with Gasteiger partial charge in [-0.15, -0.1) is 0 Å². The Balaban J connectivity index is 1.39. The molecule has 0 aromatic carbocycles. The molecule has 31 heavy (non-hydrogen) atoms. The highest BCUT2D eigenvalue weighted by Gasteiger charge is 2.20. The van der Waals surface area contributed by atoms with E-state index in [1.807, 2.05) is 25.4 Å². The predicted octanol–water partition coefficient (Wildman–Crippen LogP) is 2.87. The standard InChI is InChI=1S/C23H32Cl2N4O2/c1-29(15-17-4-8-21(24)27-12-17)23(31)18-5-2-16(3-6-18)10-11-26-14-20(30)19-7-9-22(25)28-13-19/h2,5,7,9,12,20-21,26-28,30H,3-4,6,8,10-11,13-15H2,1H3. The number of aliphatic hydroxyl groups is 1. The van der Waals surface area contributed by atoms with Gasteiger partial charge in [-0.2, -0.15) is 0 Å². The number of nitrogens with zero attached hydrogens (tertiary/aromatic N) is 1. The van der Waals surface area contributed by atoms with Gasteiger partial charge in [-0.25, -0.2) is 0 Å². The van der Waals surface area contributed by atoms with E-state index in [1.54, 1.807) is 11.0 Å². The number of amides is 1. The number of hydrogen-bond donors (Lipinski definition) is 4. The van der Waals surface area contributed by atoms with Gasteiger partial charge in [-0.1, -0.05) is 47.0 Å². The Hall–Kier alpha value is -1.73. The number of nitrogens with one attached hydrogen (secondary N) is 3. The fourth-order valence-corrected chi connectivity index (χ4v) is 4.12. The van der Waals surface area contributed by atoms with E-state index in [-0.39, 0.29) is 11.4 Å². The van der Waals surface area contributed by atoms with Crippen LogP contribution in [0.5, 0.6) is 0 Å². The maximum Gasteiger partial charge on any atom is 0.249 e. The Labute approximate surface area is 194 Å². The Bertz CT molecular complexity index is 816. The van der Waals surface area contributed by atoms with Crippen LogP contribution in [-0.4, -0.2) is 60.7 Å². The van der Waals surface area contributed by atoms with Crippen LogP contribution in [0.4, 0.5) is 0 Å². The second-order valence-electron chi connectivity index (χ2n) is 8.23. The molecule has 2 atom stereocenters. The summed E-state index contributed by atoms with van der Waals surface area (Å²) in [4.78, 5) is 14.5. The molecule has 2 unspecified atom stereocenters. The highest BCUT2D eigenvalue weighted by molar-refractivity contribution is 6.29. The summed E-state index contributed by atoms with van der Waals surface area (Å²) in [7, 11) is 1.85. The van der Waals surface area contributed by atoms with Gasteiger partial charge in [0, 0.05) is 32.3 Å². The minimum Gasteiger partial charge on any atom is -0.387 e. The SMILES string of the molecule is CN(CC1=CNC(Cl)CC1)C(=O)C1=CC=C(CCNCC(O)C2=CC=C(Cl)NC2)CC1. The number of aliphatic hydroxyl groups excluding tert-OH is 1. The molecule has 170 valence electrons. The molecule has 8 heteroatoms. The van der Waals surface area contributed by atoms with Crippen LogP contribution in [0.15, 0.2) is 58.0 Å². The number of dihydropyridines is 1. The second-order valence-corrected chi connectivity index (χ2v) is 9.17. The van der Waals surface area contributed by atoms with Gasteiger partial charge < -0.3 is 26.0 Å². The second kappa shape index (κ2) is 11.8. The molecule has 2 heterocycles. The van der Waals surface area contributed by atoms with Crippen molar-refractivity contribution in [2.24, 2.45) is 0 Å². The van der Waals surface area contributed by atoms with E-state index in [0.717, 1.165) is 49.8 Å². The summed E-state index contributed by atoms with van der Waals surface area (Å²) in [6, 6.07) is 0. The van der Waals surface area contributed by atoms with E-state index in [2.05, 4.69) is 22.0 Å². The number of carbonyl (C=O) groups excluding carboxylic acids is 1. The lowest BCUT2D eigenvalue weighted by atomic mass is 9.95. The summed E-state index contributed by atoms with van der Waals surface area (Å²) in [5.74, 6) is 0.0916. The van der Waals surface area contributed by atoms with Gasteiger partial charge in [0.25, 0.3) is 0 Å². The van der Waals surface area contributed by atoms with Crippen molar-refractivity contribution in [1.82, 2.24) is 20.9 Å². The minimum atomic E-state index is -0.529. The van der Waals surface area contributed by atoms with Crippen molar-refractivity contribution in [3.8, 4) is 0 Å². The van der Waals surface area contributed by atoms with Gasteiger partial charge in [0.05, 0.1) is 6.10 Å². The van der Waals surface area contributed by atoms with Crippen molar-refractivity contribution in [3.63, 3.8) is 0 Å². The van der Waals surface area contributed by atoms with Crippen LogP contribution >= 0.6 is 23.2 Å². The highest BCUT2D eigenvalue weighted by Crippen LogP contribution is 2.23. The number of allylic oxidation sites excluding steroid dienone is 4. The molecule has 0 bridgehead atoms. The molecule has 0 saturated carbocycles. The first-order valence-electron chi connectivity index (χ1n) is 10.8. The predicted molar refractivity (Wildman–Crippen MR) is 127 cm³/mol. The average Bonchev–Trinajstić information content (AvgIpc) is 2.78. The van der Waals surface area contributed by atoms with Gasteiger partial charge in [0.1, 0.15) is 10.7 Å². The van der Waals surface area contributed by atoms with Crippen LogP contribution in [0, 0.1) is 0 Å². The molecule has 6 nitrogen and oxygen atoms in total. The van der Waals surface area contributed by atoms with Crippen LogP contribution in [0.3, 0.4) is 0 Å². The zero-order valence-electron chi connectivity index (χ0n) is 18.0. The number of alkyl halides is 1. The van der Waals surface area contributed by atoms with Gasteiger partial charge in [0.2, 0.25) is 5.91 Å². The molecule has 0 saturated heterocycles. The normalized spacial score (nSPS) is 22.1.